The van der Waals surface area contributed by atoms with Crippen molar-refractivity contribution >= 4 is 34.0 Å². The average molecular weight is 577 g/mol. The summed E-state index contributed by atoms with van der Waals surface area (Å²) in [6.07, 6.45) is -4.06. The number of hydrogen-bond donors (Lipinski definition) is 1. The molecule has 3 aromatic rings. The van der Waals surface area contributed by atoms with E-state index in [1.807, 2.05) is 0 Å². The summed E-state index contributed by atoms with van der Waals surface area (Å²) in [6.45, 7) is 0. The summed E-state index contributed by atoms with van der Waals surface area (Å²) in [4.78, 5) is 0. The number of alkyl halides is 6. The van der Waals surface area contributed by atoms with E-state index in [0.717, 1.165) is 5.92 Å². The SMILES string of the molecule is O=S(=O)(O)C(F)(F)C(F)C(F)(F)F.c1ccc(P(c2ccccc2)c2ccc(C3CCCCC3)cc2)cc1. The molecule has 0 spiro atoms. The monoisotopic (exact) mass is 576 g/mol. The van der Waals surface area contributed by atoms with Gasteiger partial charge in [0.2, 0.25) is 0 Å². The Morgan fingerprint density at radius 3 is 1.50 bits per heavy atom. The summed E-state index contributed by atoms with van der Waals surface area (Å²) in [5.74, 6) is 0.780. The minimum Gasteiger partial charge on any atom is -0.281 e. The number of halogens is 6. The zero-order valence-corrected chi connectivity index (χ0v) is 21.9. The van der Waals surface area contributed by atoms with Crippen molar-refractivity contribution in [3.63, 3.8) is 0 Å². The van der Waals surface area contributed by atoms with Gasteiger partial charge in [-0.2, -0.15) is 30.4 Å². The predicted octanol–water partition coefficient (Wildman–Crippen LogP) is 6.86. The second kappa shape index (κ2) is 12.6. The Morgan fingerprint density at radius 1 is 0.711 bits per heavy atom. The van der Waals surface area contributed by atoms with Crippen molar-refractivity contribution in [2.24, 2.45) is 0 Å². The zero-order valence-electron chi connectivity index (χ0n) is 20.2. The molecule has 0 bridgehead atoms. The van der Waals surface area contributed by atoms with Gasteiger partial charge in [0.1, 0.15) is 0 Å². The quantitative estimate of drug-likeness (QED) is 0.198. The van der Waals surface area contributed by atoms with Gasteiger partial charge in [0.25, 0.3) is 6.17 Å². The Bertz CT molecular complexity index is 1210. The summed E-state index contributed by atoms with van der Waals surface area (Å²) in [6, 6.07) is 31.5. The summed E-state index contributed by atoms with van der Waals surface area (Å²) < 4.78 is 96.1. The fourth-order valence-electron chi connectivity index (χ4n) is 4.25. The van der Waals surface area contributed by atoms with Crippen LogP contribution in [0, 0.1) is 0 Å². The van der Waals surface area contributed by atoms with Crippen LogP contribution in [0.25, 0.3) is 0 Å². The molecular weight excluding hydrogens is 549 g/mol. The molecule has 0 aliphatic heterocycles. The van der Waals surface area contributed by atoms with E-state index in [1.54, 1.807) is 5.56 Å². The van der Waals surface area contributed by atoms with Crippen LogP contribution in [-0.4, -0.2) is 30.6 Å². The van der Waals surface area contributed by atoms with Gasteiger partial charge in [0.15, 0.2) is 0 Å². The number of hydrogen-bond acceptors (Lipinski definition) is 2. The third kappa shape index (κ3) is 7.58. The van der Waals surface area contributed by atoms with Crippen LogP contribution in [-0.2, 0) is 10.1 Å². The molecule has 206 valence electrons. The number of rotatable bonds is 6. The lowest BCUT2D eigenvalue weighted by Crippen LogP contribution is -2.46. The molecule has 38 heavy (non-hydrogen) atoms. The average Bonchev–Trinajstić information content (AvgIpc) is 2.90. The largest absolute Gasteiger partial charge is 0.426 e. The van der Waals surface area contributed by atoms with Crippen LogP contribution in [0.1, 0.15) is 43.6 Å². The molecule has 1 N–H and O–H groups in total. The Kier molecular flexibility index (Phi) is 10.0. The first-order valence-corrected chi connectivity index (χ1v) is 14.7. The van der Waals surface area contributed by atoms with Gasteiger partial charge in [0.05, 0.1) is 0 Å². The van der Waals surface area contributed by atoms with Crippen molar-refractivity contribution in [2.45, 2.75) is 55.6 Å². The first-order valence-electron chi connectivity index (χ1n) is 11.9. The molecule has 0 aromatic heterocycles. The molecule has 0 heterocycles. The van der Waals surface area contributed by atoms with E-state index < -0.39 is 35.6 Å². The van der Waals surface area contributed by atoms with Crippen LogP contribution in [0.5, 0.6) is 0 Å². The highest BCUT2D eigenvalue weighted by Crippen LogP contribution is 2.38. The first kappa shape index (κ1) is 30.1. The maximum absolute atomic E-state index is 11.9. The van der Waals surface area contributed by atoms with Gasteiger partial charge in [0, 0.05) is 0 Å². The minimum absolute atomic E-state index is 0.476. The van der Waals surface area contributed by atoms with Crippen LogP contribution in [0.2, 0.25) is 0 Å². The van der Waals surface area contributed by atoms with Crippen LogP contribution in [0.15, 0.2) is 84.9 Å². The maximum atomic E-state index is 11.9. The topological polar surface area (TPSA) is 54.4 Å². The summed E-state index contributed by atoms with van der Waals surface area (Å²) >= 11 is 0. The molecule has 3 aromatic carbocycles. The zero-order chi connectivity index (χ0) is 28.0. The van der Waals surface area contributed by atoms with Crippen molar-refractivity contribution in [3.8, 4) is 0 Å². The van der Waals surface area contributed by atoms with Crippen molar-refractivity contribution in [3.05, 3.63) is 90.5 Å². The lowest BCUT2D eigenvalue weighted by molar-refractivity contribution is -0.223. The lowest BCUT2D eigenvalue weighted by Gasteiger charge is -2.23. The van der Waals surface area contributed by atoms with Crippen molar-refractivity contribution in [2.75, 3.05) is 0 Å². The van der Waals surface area contributed by atoms with Crippen molar-refractivity contribution in [1.29, 1.82) is 0 Å². The van der Waals surface area contributed by atoms with Crippen molar-refractivity contribution < 1.29 is 39.3 Å². The highest BCUT2D eigenvalue weighted by molar-refractivity contribution is 7.86. The second-order valence-electron chi connectivity index (χ2n) is 8.87. The van der Waals surface area contributed by atoms with Crippen molar-refractivity contribution in [1.82, 2.24) is 0 Å². The van der Waals surface area contributed by atoms with Crippen LogP contribution in [0.4, 0.5) is 26.3 Å². The Balaban J connectivity index is 0.000000263. The number of benzene rings is 3. The molecule has 1 unspecified atom stereocenters. The minimum atomic E-state index is -6.41. The molecular formula is C27H27F6O3PS. The molecule has 1 fully saturated rings. The normalized spacial score (nSPS) is 16.0. The second-order valence-corrected chi connectivity index (χ2v) is 12.6. The lowest BCUT2D eigenvalue weighted by atomic mass is 9.84. The fourth-order valence-corrected chi connectivity index (χ4v) is 6.93. The Morgan fingerprint density at radius 2 is 1.13 bits per heavy atom. The molecule has 0 radical (unpaired) electrons. The molecule has 4 rings (SSSR count). The maximum Gasteiger partial charge on any atom is 0.426 e. The van der Waals surface area contributed by atoms with Gasteiger partial charge in [-0.3, -0.25) is 4.55 Å². The summed E-state index contributed by atoms with van der Waals surface area (Å²) in [5, 5.41) is -1.58. The smallest absolute Gasteiger partial charge is 0.281 e. The summed E-state index contributed by atoms with van der Waals surface area (Å²) in [5.41, 5.74) is 1.54. The van der Waals surface area contributed by atoms with E-state index in [-0.39, 0.29) is 0 Å². The van der Waals surface area contributed by atoms with E-state index >= 15 is 0 Å². The van der Waals surface area contributed by atoms with E-state index in [9.17, 15) is 34.8 Å². The Hall–Kier alpha value is -2.42. The third-order valence-electron chi connectivity index (χ3n) is 6.18. The van der Waals surface area contributed by atoms with Gasteiger partial charge in [-0.15, -0.1) is 0 Å². The van der Waals surface area contributed by atoms with Gasteiger partial charge in [-0.1, -0.05) is 104 Å². The van der Waals surface area contributed by atoms with E-state index in [4.69, 9.17) is 4.55 Å². The van der Waals surface area contributed by atoms with Gasteiger partial charge < -0.3 is 0 Å². The highest BCUT2D eigenvalue weighted by atomic mass is 32.2. The molecule has 1 atom stereocenters. The Labute approximate surface area is 219 Å². The van der Waals surface area contributed by atoms with Gasteiger partial charge >= 0.3 is 21.5 Å². The van der Waals surface area contributed by atoms with Gasteiger partial charge in [-0.25, -0.2) is 4.39 Å². The predicted molar refractivity (Wildman–Crippen MR) is 138 cm³/mol. The van der Waals surface area contributed by atoms with Gasteiger partial charge in [-0.05, 0) is 48.2 Å². The van der Waals surface area contributed by atoms with E-state index in [0.29, 0.717) is 0 Å². The molecule has 1 aliphatic carbocycles. The fraction of sp³-hybridized carbons (Fsp3) is 0.333. The summed E-state index contributed by atoms with van der Waals surface area (Å²) in [7, 11) is -6.89. The van der Waals surface area contributed by atoms with Crippen LogP contribution < -0.4 is 15.9 Å². The molecule has 11 heteroatoms. The molecule has 0 amide bonds. The highest BCUT2D eigenvalue weighted by Gasteiger charge is 2.64. The molecule has 1 saturated carbocycles. The standard InChI is InChI=1S/C24H25P.C3H2F6O3S/c1-4-10-20(11-5-1)21-16-18-24(19-17-21)25(22-12-6-2-7-13-22)23-14-8-3-9-15-23;4-1(2(5,6)7)3(8,9)13(10,11)12/h2-3,6-9,12-20H,1,4-5,10-11H2;1H,(H,10,11,12). The molecule has 0 saturated heterocycles. The first-order chi connectivity index (χ1) is 17.8. The molecule has 1 aliphatic rings. The van der Waals surface area contributed by atoms with E-state index in [2.05, 4.69) is 84.9 Å². The third-order valence-corrected chi connectivity index (χ3v) is 9.52. The van der Waals surface area contributed by atoms with Crippen LogP contribution >= 0.6 is 7.92 Å². The van der Waals surface area contributed by atoms with E-state index in [1.165, 1.54) is 48.0 Å². The van der Waals surface area contributed by atoms with Crippen LogP contribution in [0.3, 0.4) is 0 Å². The molecule has 3 nitrogen and oxygen atoms in total.